The number of nitrogens with one attached hydrogen (secondary N) is 1. The summed E-state index contributed by atoms with van der Waals surface area (Å²) < 4.78 is 5.08. The number of ether oxygens (including phenoxy) is 1. The van der Waals surface area contributed by atoms with E-state index in [1.165, 1.54) is 0 Å². The molecule has 0 saturated heterocycles. The van der Waals surface area contributed by atoms with Gasteiger partial charge in [0.25, 0.3) is 0 Å². The maximum atomic E-state index is 12.1. The van der Waals surface area contributed by atoms with Crippen LogP contribution in [-0.2, 0) is 16.0 Å². The molecule has 0 fully saturated rings. The molecule has 2 N–H and O–H groups in total. The van der Waals surface area contributed by atoms with E-state index in [-0.39, 0.29) is 25.2 Å². The van der Waals surface area contributed by atoms with Crippen LogP contribution in [0.3, 0.4) is 0 Å². The van der Waals surface area contributed by atoms with Crippen LogP contribution in [-0.4, -0.2) is 29.8 Å². The van der Waals surface area contributed by atoms with Crippen molar-refractivity contribution in [2.45, 2.75) is 19.3 Å². The van der Waals surface area contributed by atoms with Crippen molar-refractivity contribution < 1.29 is 19.4 Å². The molecular weight excluding hydrogens is 320 g/mol. The Bertz CT molecular complexity index is 740. The van der Waals surface area contributed by atoms with E-state index in [4.69, 9.17) is 9.84 Å². The van der Waals surface area contributed by atoms with Crippen LogP contribution < -0.4 is 10.2 Å². The molecule has 0 bridgehead atoms. The number of rotatable bonds is 8. The number of benzene rings is 2. The minimum Gasteiger partial charge on any atom is -0.497 e. The van der Waals surface area contributed by atoms with Gasteiger partial charge in [0.1, 0.15) is 5.75 Å². The van der Waals surface area contributed by atoms with Crippen molar-refractivity contribution in [2.75, 3.05) is 7.11 Å². The molecule has 25 heavy (non-hydrogen) atoms. The van der Waals surface area contributed by atoms with Gasteiger partial charge in [-0.05, 0) is 23.3 Å². The van der Waals surface area contributed by atoms with E-state index >= 15 is 0 Å². The topological polar surface area (TPSA) is 88.0 Å². The highest BCUT2D eigenvalue weighted by atomic mass is 16.5. The fourth-order valence-electron chi connectivity index (χ4n) is 2.22. The quantitative estimate of drug-likeness (QED) is 0.571. The number of hydrazone groups is 1. The lowest BCUT2D eigenvalue weighted by Crippen LogP contribution is -2.22. The van der Waals surface area contributed by atoms with Crippen molar-refractivity contribution in [2.24, 2.45) is 5.10 Å². The first kappa shape index (κ1) is 18.2. The van der Waals surface area contributed by atoms with Crippen molar-refractivity contribution in [3.63, 3.8) is 0 Å². The van der Waals surface area contributed by atoms with E-state index in [0.717, 1.165) is 16.9 Å². The molecule has 0 saturated carbocycles. The Kier molecular flexibility index (Phi) is 6.71. The first-order valence-electron chi connectivity index (χ1n) is 7.84. The summed E-state index contributed by atoms with van der Waals surface area (Å²) in [4.78, 5) is 22.9. The van der Waals surface area contributed by atoms with Crippen LogP contribution in [0, 0.1) is 0 Å². The molecule has 0 radical (unpaired) electrons. The lowest BCUT2D eigenvalue weighted by molar-refractivity contribution is -0.136. The highest BCUT2D eigenvalue weighted by Gasteiger charge is 2.08. The molecule has 2 aromatic carbocycles. The number of amides is 1. The standard InChI is InChI=1S/C19H20N2O4/c1-25-16-9-7-14(8-10-16)13-18(22)21-20-17(11-12-19(23)24)15-5-3-2-4-6-15/h2-10H,11-13H2,1H3,(H,21,22)(H,23,24)/b20-17+. The normalized spacial score (nSPS) is 11.0. The maximum Gasteiger partial charge on any atom is 0.303 e. The molecule has 2 aromatic rings. The second-order valence-electron chi connectivity index (χ2n) is 5.38. The molecule has 2 rings (SSSR count). The predicted octanol–water partition coefficient (Wildman–Crippen LogP) is 2.62. The third-order valence-electron chi connectivity index (χ3n) is 3.52. The molecule has 0 unspecified atom stereocenters. The number of carboxylic acid groups (broad SMARTS) is 1. The van der Waals surface area contributed by atoms with Gasteiger partial charge in [0, 0.05) is 6.42 Å². The van der Waals surface area contributed by atoms with Gasteiger partial charge < -0.3 is 9.84 Å². The van der Waals surface area contributed by atoms with E-state index in [1.54, 1.807) is 19.2 Å². The summed E-state index contributed by atoms with van der Waals surface area (Å²) in [5.74, 6) is -0.454. The molecule has 0 heterocycles. The number of methoxy groups -OCH3 is 1. The molecule has 0 aliphatic rings. The van der Waals surface area contributed by atoms with Crippen LogP contribution in [0.1, 0.15) is 24.0 Å². The summed E-state index contributed by atoms with van der Waals surface area (Å²) in [5.41, 5.74) is 4.66. The molecule has 0 atom stereocenters. The monoisotopic (exact) mass is 340 g/mol. The zero-order valence-corrected chi connectivity index (χ0v) is 13.9. The number of carbonyl (C=O) groups excluding carboxylic acids is 1. The van der Waals surface area contributed by atoms with Crippen molar-refractivity contribution in [1.82, 2.24) is 5.43 Å². The Labute approximate surface area is 146 Å². The lowest BCUT2D eigenvalue weighted by Gasteiger charge is -2.07. The van der Waals surface area contributed by atoms with Gasteiger partial charge in [-0.3, -0.25) is 9.59 Å². The summed E-state index contributed by atoms with van der Waals surface area (Å²) in [5, 5.41) is 13.0. The van der Waals surface area contributed by atoms with E-state index < -0.39 is 5.97 Å². The fraction of sp³-hybridized carbons (Fsp3) is 0.211. The van der Waals surface area contributed by atoms with E-state index in [1.807, 2.05) is 42.5 Å². The third kappa shape index (κ3) is 6.10. The number of aliphatic carboxylic acids is 1. The summed E-state index contributed by atoms with van der Waals surface area (Å²) in [6, 6.07) is 16.4. The van der Waals surface area contributed by atoms with E-state index in [2.05, 4.69) is 10.5 Å². The molecule has 6 heteroatoms. The SMILES string of the molecule is COc1ccc(CC(=O)N/N=C(\CCC(=O)O)c2ccccc2)cc1. The van der Waals surface area contributed by atoms with Gasteiger partial charge in [-0.1, -0.05) is 42.5 Å². The van der Waals surface area contributed by atoms with Gasteiger partial charge in [0.15, 0.2) is 0 Å². The smallest absolute Gasteiger partial charge is 0.303 e. The van der Waals surface area contributed by atoms with Crippen LogP contribution in [0.2, 0.25) is 0 Å². The Hall–Kier alpha value is -3.15. The van der Waals surface area contributed by atoms with E-state index in [0.29, 0.717) is 5.71 Å². The second-order valence-corrected chi connectivity index (χ2v) is 5.38. The van der Waals surface area contributed by atoms with Crippen molar-refractivity contribution >= 4 is 17.6 Å². The van der Waals surface area contributed by atoms with Gasteiger partial charge in [0.2, 0.25) is 5.91 Å². The van der Waals surface area contributed by atoms with E-state index in [9.17, 15) is 9.59 Å². The molecule has 130 valence electrons. The molecule has 0 aliphatic carbocycles. The van der Waals surface area contributed by atoms with Crippen LogP contribution in [0.4, 0.5) is 0 Å². The summed E-state index contributed by atoms with van der Waals surface area (Å²) in [7, 11) is 1.58. The minimum atomic E-state index is -0.909. The molecule has 6 nitrogen and oxygen atoms in total. The predicted molar refractivity (Wildman–Crippen MR) is 94.7 cm³/mol. The van der Waals surface area contributed by atoms with Gasteiger partial charge >= 0.3 is 5.97 Å². The number of carboxylic acids is 1. The third-order valence-corrected chi connectivity index (χ3v) is 3.52. The van der Waals surface area contributed by atoms with Gasteiger partial charge in [-0.15, -0.1) is 0 Å². The second kappa shape index (κ2) is 9.22. The summed E-state index contributed by atoms with van der Waals surface area (Å²) >= 11 is 0. The Morgan fingerprint density at radius 2 is 1.72 bits per heavy atom. The molecule has 1 amide bonds. The van der Waals surface area contributed by atoms with Crippen molar-refractivity contribution in [3.8, 4) is 5.75 Å². The maximum absolute atomic E-state index is 12.1. The Morgan fingerprint density at radius 1 is 1.04 bits per heavy atom. The number of hydrogen-bond donors (Lipinski definition) is 2. The van der Waals surface area contributed by atoms with Crippen LogP contribution in [0.25, 0.3) is 0 Å². The first-order valence-corrected chi connectivity index (χ1v) is 7.84. The minimum absolute atomic E-state index is 0.0535. The average Bonchev–Trinajstić information content (AvgIpc) is 2.63. The van der Waals surface area contributed by atoms with Crippen LogP contribution in [0.15, 0.2) is 59.7 Å². The first-order chi connectivity index (χ1) is 12.1. The fourth-order valence-corrected chi connectivity index (χ4v) is 2.22. The Balaban J connectivity index is 2.02. The summed E-state index contributed by atoms with van der Waals surface area (Å²) in [6.45, 7) is 0. The van der Waals surface area contributed by atoms with Gasteiger partial charge in [-0.25, -0.2) is 5.43 Å². The average molecular weight is 340 g/mol. The van der Waals surface area contributed by atoms with Crippen LogP contribution >= 0.6 is 0 Å². The highest BCUT2D eigenvalue weighted by molar-refractivity contribution is 6.02. The number of carbonyl (C=O) groups is 2. The summed E-state index contributed by atoms with van der Waals surface area (Å²) in [6.07, 6.45) is 0.360. The zero-order valence-electron chi connectivity index (χ0n) is 13.9. The van der Waals surface area contributed by atoms with Crippen molar-refractivity contribution in [3.05, 3.63) is 65.7 Å². The van der Waals surface area contributed by atoms with Crippen molar-refractivity contribution in [1.29, 1.82) is 0 Å². The molecule has 0 aliphatic heterocycles. The number of nitrogens with zero attached hydrogens (tertiary/aromatic N) is 1. The van der Waals surface area contributed by atoms with Crippen LogP contribution in [0.5, 0.6) is 5.75 Å². The zero-order chi connectivity index (χ0) is 18.1. The highest BCUT2D eigenvalue weighted by Crippen LogP contribution is 2.12. The lowest BCUT2D eigenvalue weighted by atomic mass is 10.1. The number of hydrogen-bond acceptors (Lipinski definition) is 4. The Morgan fingerprint density at radius 3 is 2.32 bits per heavy atom. The van der Waals surface area contributed by atoms with Gasteiger partial charge in [-0.2, -0.15) is 5.10 Å². The largest absolute Gasteiger partial charge is 0.497 e. The molecule has 0 spiro atoms. The van der Waals surface area contributed by atoms with Gasteiger partial charge in [0.05, 0.1) is 25.7 Å². The molecule has 0 aromatic heterocycles. The molecular formula is C19H20N2O4.